The Kier molecular flexibility index (Phi) is 7.14. The van der Waals surface area contributed by atoms with Crippen LogP contribution in [0.4, 0.5) is 0 Å². The molecule has 250 valence electrons. The summed E-state index contributed by atoms with van der Waals surface area (Å²) < 4.78 is 19.4. The maximum atomic E-state index is 12.4. The molecule has 0 aromatic rings. The summed E-state index contributed by atoms with van der Waals surface area (Å²) in [6, 6.07) is 0. The highest BCUT2D eigenvalue weighted by Crippen LogP contribution is 2.89. The number of hydrogen-bond acceptors (Lipinski definition) is 7. The zero-order chi connectivity index (χ0) is 31.8. The number of aliphatic hydroxyl groups is 3. The maximum absolute atomic E-state index is 12.4. The highest BCUT2D eigenvalue weighted by Gasteiger charge is 2.84. The molecule has 14 atom stereocenters. The molecule has 44 heavy (non-hydrogen) atoms. The van der Waals surface area contributed by atoms with Crippen molar-refractivity contribution in [2.24, 2.45) is 50.7 Å². The fourth-order valence-electron chi connectivity index (χ4n) is 13.4. The second kappa shape index (κ2) is 9.88. The molecule has 5 saturated carbocycles. The average molecular weight is 618 g/mol. The summed E-state index contributed by atoms with van der Waals surface area (Å²) in [5, 5.41) is 34.0. The van der Waals surface area contributed by atoms with Gasteiger partial charge in [0, 0.05) is 18.9 Å². The predicted molar refractivity (Wildman–Crippen MR) is 165 cm³/mol. The molecule has 0 unspecified atom stereocenters. The number of fused-ring (bicyclic) bond motifs is 4. The second-order valence-electron chi connectivity index (χ2n) is 18.0. The molecule has 2 spiro atoms. The first kappa shape index (κ1) is 31.8. The number of morpholine rings is 1. The Bertz CT molecular complexity index is 1170. The van der Waals surface area contributed by atoms with Crippen LogP contribution in [0.3, 0.4) is 0 Å². The van der Waals surface area contributed by atoms with E-state index in [1.54, 1.807) is 20.8 Å². The van der Waals surface area contributed by atoms with Gasteiger partial charge < -0.3 is 34.4 Å². The van der Waals surface area contributed by atoms with Crippen LogP contribution in [-0.4, -0.2) is 88.2 Å². The maximum Gasteiger partial charge on any atom is 0.219 e. The van der Waals surface area contributed by atoms with Gasteiger partial charge in [-0.3, -0.25) is 4.79 Å². The second-order valence-corrected chi connectivity index (χ2v) is 18.0. The van der Waals surface area contributed by atoms with E-state index < -0.39 is 23.9 Å². The van der Waals surface area contributed by atoms with Crippen molar-refractivity contribution < 1.29 is 34.3 Å². The van der Waals surface area contributed by atoms with Gasteiger partial charge in [-0.15, -0.1) is 0 Å². The van der Waals surface area contributed by atoms with Crippen LogP contribution in [0.5, 0.6) is 0 Å². The molecule has 2 aliphatic heterocycles. The standard InChI is InChI=1S/C36H59NO7/c1-20-17-22(29(39)32(5,6)41)43-28-27(20)33(7)13-14-36-19-35(36)12-11-25(44-26-18-37(21(2)38)15-16-42-26)31(3,4)23(35)9-10-24(36)34(33,8)30(28)40/h20,22-30,39-41H,9-19H2,1-8H3/t20-,22-,23+,24+,25+,26+,27+,28+,29+,30+,33-,34-,35-,36+/m1/s1. The van der Waals surface area contributed by atoms with Crippen molar-refractivity contribution in [3.05, 3.63) is 0 Å². The largest absolute Gasteiger partial charge is 0.390 e. The fourth-order valence-corrected chi connectivity index (χ4v) is 13.4. The molecule has 0 aromatic carbocycles. The Morgan fingerprint density at radius 1 is 1.05 bits per heavy atom. The van der Waals surface area contributed by atoms with E-state index in [1.165, 1.54) is 12.8 Å². The quantitative estimate of drug-likeness (QED) is 0.426. The number of amides is 1. The lowest BCUT2D eigenvalue weighted by Gasteiger charge is -2.64. The molecule has 8 nitrogen and oxygen atoms in total. The SMILES string of the molecule is CC(=O)N1CCO[C@@H](O[C@H]2CC[C@]34C[C@]35CC[C@]3(C)[C@@H]6[C@H](O[C@@H]([C@H](O)C(C)(C)O)C[C@H]6C)[C@H](O)[C@@]3(C)[C@@H]5CC[C@H]4C2(C)C)C1. The molecular formula is C36H59NO7. The number of ether oxygens (including phenoxy) is 3. The van der Waals surface area contributed by atoms with Crippen LogP contribution in [-0.2, 0) is 19.0 Å². The van der Waals surface area contributed by atoms with Crippen molar-refractivity contribution in [3.8, 4) is 0 Å². The summed E-state index contributed by atoms with van der Waals surface area (Å²) in [4.78, 5) is 13.9. The third-order valence-electron chi connectivity index (χ3n) is 15.6. The monoisotopic (exact) mass is 617 g/mol. The van der Waals surface area contributed by atoms with Crippen molar-refractivity contribution in [1.29, 1.82) is 0 Å². The molecule has 5 aliphatic carbocycles. The minimum atomic E-state index is -1.25. The van der Waals surface area contributed by atoms with Crippen molar-refractivity contribution >= 4 is 5.91 Å². The first-order valence-electron chi connectivity index (χ1n) is 17.7. The number of aliphatic hydroxyl groups excluding tert-OH is 2. The molecule has 7 rings (SSSR count). The normalized spacial score (nSPS) is 53.4. The molecule has 7 aliphatic rings. The van der Waals surface area contributed by atoms with E-state index >= 15 is 0 Å². The van der Waals surface area contributed by atoms with Gasteiger partial charge in [0.25, 0.3) is 0 Å². The van der Waals surface area contributed by atoms with Crippen LogP contribution in [0.2, 0.25) is 0 Å². The smallest absolute Gasteiger partial charge is 0.219 e. The van der Waals surface area contributed by atoms with Crippen LogP contribution in [0.15, 0.2) is 0 Å². The molecular weight excluding hydrogens is 558 g/mol. The van der Waals surface area contributed by atoms with E-state index in [0.717, 1.165) is 32.1 Å². The molecule has 2 saturated heterocycles. The van der Waals surface area contributed by atoms with E-state index in [4.69, 9.17) is 14.2 Å². The van der Waals surface area contributed by atoms with Gasteiger partial charge in [0.2, 0.25) is 5.91 Å². The van der Waals surface area contributed by atoms with E-state index in [2.05, 4.69) is 34.6 Å². The van der Waals surface area contributed by atoms with Gasteiger partial charge in [-0.05, 0) is 111 Å². The molecule has 0 aromatic heterocycles. The van der Waals surface area contributed by atoms with Gasteiger partial charge in [-0.25, -0.2) is 0 Å². The van der Waals surface area contributed by atoms with Gasteiger partial charge in [-0.1, -0.05) is 34.6 Å². The fraction of sp³-hybridized carbons (Fsp3) is 0.972. The van der Waals surface area contributed by atoms with Crippen molar-refractivity contribution in [1.82, 2.24) is 4.90 Å². The van der Waals surface area contributed by atoms with Crippen molar-refractivity contribution in [2.45, 2.75) is 149 Å². The molecule has 2 heterocycles. The van der Waals surface area contributed by atoms with E-state index in [1.807, 2.05) is 4.90 Å². The van der Waals surface area contributed by atoms with Crippen LogP contribution in [0, 0.1) is 50.7 Å². The summed E-state index contributed by atoms with van der Waals surface area (Å²) in [6.07, 6.45) is 6.10. The van der Waals surface area contributed by atoms with Gasteiger partial charge >= 0.3 is 0 Å². The lowest BCUT2D eigenvalue weighted by atomic mass is 9.41. The first-order valence-corrected chi connectivity index (χ1v) is 17.7. The number of carbonyl (C=O) groups is 1. The zero-order valence-electron chi connectivity index (χ0n) is 28.5. The predicted octanol–water partition coefficient (Wildman–Crippen LogP) is 4.52. The number of carbonyl (C=O) groups excluding carboxylic acids is 1. The lowest BCUT2D eigenvalue weighted by molar-refractivity contribution is -0.247. The summed E-state index contributed by atoms with van der Waals surface area (Å²) in [5.74, 6) is 1.62. The van der Waals surface area contributed by atoms with Crippen LogP contribution in [0.1, 0.15) is 107 Å². The van der Waals surface area contributed by atoms with E-state index in [-0.39, 0.29) is 52.0 Å². The first-order chi connectivity index (χ1) is 20.4. The van der Waals surface area contributed by atoms with Crippen molar-refractivity contribution in [2.75, 3.05) is 19.7 Å². The van der Waals surface area contributed by atoms with E-state index in [0.29, 0.717) is 49.3 Å². The molecule has 7 fully saturated rings. The molecule has 0 radical (unpaired) electrons. The average Bonchev–Trinajstić information content (AvgIpc) is 3.58. The molecule has 3 N–H and O–H groups in total. The van der Waals surface area contributed by atoms with Crippen LogP contribution in [0.25, 0.3) is 0 Å². The number of rotatable bonds is 4. The van der Waals surface area contributed by atoms with Crippen molar-refractivity contribution in [3.63, 3.8) is 0 Å². The summed E-state index contributed by atoms with van der Waals surface area (Å²) in [6.45, 7) is 18.5. The van der Waals surface area contributed by atoms with E-state index in [9.17, 15) is 20.1 Å². The Morgan fingerprint density at radius 3 is 2.41 bits per heavy atom. The topological polar surface area (TPSA) is 109 Å². The minimum Gasteiger partial charge on any atom is -0.390 e. The van der Waals surface area contributed by atoms with Gasteiger partial charge in [0.1, 0.15) is 6.10 Å². The molecule has 1 amide bonds. The Morgan fingerprint density at radius 2 is 1.73 bits per heavy atom. The Labute approximate surface area is 264 Å². The van der Waals surface area contributed by atoms with Gasteiger partial charge in [0.05, 0.1) is 43.2 Å². The summed E-state index contributed by atoms with van der Waals surface area (Å²) in [7, 11) is 0. The van der Waals surface area contributed by atoms with Crippen LogP contribution >= 0.6 is 0 Å². The zero-order valence-corrected chi connectivity index (χ0v) is 28.5. The third kappa shape index (κ3) is 4.00. The minimum absolute atomic E-state index is 0.00337. The van der Waals surface area contributed by atoms with Gasteiger partial charge in [0.15, 0.2) is 6.29 Å². The highest BCUT2D eigenvalue weighted by molar-refractivity contribution is 5.73. The highest BCUT2D eigenvalue weighted by atomic mass is 16.7. The summed E-state index contributed by atoms with van der Waals surface area (Å²) in [5.41, 5.74) is -1.01. The molecule has 0 bridgehead atoms. The summed E-state index contributed by atoms with van der Waals surface area (Å²) >= 11 is 0. The Balaban J connectivity index is 1.14. The third-order valence-corrected chi connectivity index (χ3v) is 15.6. The number of hydrogen-bond donors (Lipinski definition) is 3. The van der Waals surface area contributed by atoms with Gasteiger partial charge in [-0.2, -0.15) is 0 Å². The lowest BCUT2D eigenvalue weighted by Crippen LogP contribution is -2.60. The van der Waals surface area contributed by atoms with Crippen LogP contribution < -0.4 is 0 Å². The Hall–Kier alpha value is -0.770. The molecule has 8 heteroatoms. The number of nitrogens with zero attached hydrogens (tertiary/aromatic N) is 1.